The maximum atomic E-state index is 13.0. The van der Waals surface area contributed by atoms with Crippen LogP contribution < -0.4 is 5.32 Å². The molecule has 2 saturated heterocycles. The molecule has 8 nitrogen and oxygen atoms in total. The van der Waals surface area contributed by atoms with Crippen LogP contribution in [0.2, 0.25) is 5.02 Å². The molecular weight excluding hydrogens is 418 g/mol. The largest absolute Gasteiger partial charge is 0.480 e. The molecule has 1 aromatic carbocycles. The van der Waals surface area contributed by atoms with Crippen molar-refractivity contribution >= 4 is 41.1 Å². The van der Waals surface area contributed by atoms with E-state index in [0.29, 0.717) is 16.3 Å². The van der Waals surface area contributed by atoms with Crippen molar-refractivity contribution < 1.29 is 24.0 Å². The Labute approximate surface area is 175 Å². The Morgan fingerprint density at radius 1 is 1.34 bits per heavy atom. The van der Waals surface area contributed by atoms with Gasteiger partial charge < -0.3 is 19.8 Å². The summed E-state index contributed by atoms with van der Waals surface area (Å²) in [6.45, 7) is 5.18. The van der Waals surface area contributed by atoms with Crippen LogP contribution in [0.3, 0.4) is 0 Å². The predicted octanol–water partition coefficient (Wildman–Crippen LogP) is 2.55. The Bertz CT molecular complexity index is 1040. The second-order valence-electron chi connectivity index (χ2n) is 7.50. The number of amides is 2. The Morgan fingerprint density at radius 3 is 2.69 bits per heavy atom. The molecule has 1 aromatic heterocycles. The van der Waals surface area contributed by atoms with Crippen LogP contribution in [-0.4, -0.2) is 55.2 Å². The van der Waals surface area contributed by atoms with E-state index in [1.54, 1.807) is 45.0 Å². The summed E-state index contributed by atoms with van der Waals surface area (Å²) in [6.07, 6.45) is 0. The molecule has 10 heteroatoms. The molecule has 3 atom stereocenters. The van der Waals surface area contributed by atoms with E-state index in [1.807, 2.05) is 0 Å². The Kier molecular flexibility index (Phi) is 4.62. The molecule has 0 radical (unpaired) electrons. The number of nitrogens with one attached hydrogen (secondary N) is 1. The van der Waals surface area contributed by atoms with Gasteiger partial charge in [-0.25, -0.2) is 4.79 Å². The van der Waals surface area contributed by atoms with Gasteiger partial charge in [-0.3, -0.25) is 9.59 Å². The molecule has 0 saturated carbocycles. The molecule has 29 heavy (non-hydrogen) atoms. The van der Waals surface area contributed by atoms with Gasteiger partial charge in [-0.05, 0) is 32.9 Å². The number of hydrogen-bond acceptors (Lipinski definition) is 6. The Hall–Kier alpha value is -2.52. The number of carboxylic acids is 1. The molecule has 3 heterocycles. The molecule has 4 rings (SSSR count). The fourth-order valence-corrected chi connectivity index (χ4v) is 5.67. The molecule has 0 bridgehead atoms. The molecule has 0 spiro atoms. The van der Waals surface area contributed by atoms with E-state index >= 15 is 0 Å². The number of aliphatic carboxylic acids is 1. The van der Waals surface area contributed by atoms with Crippen LogP contribution >= 0.6 is 23.4 Å². The number of carbonyl (C=O) groups is 3. The SMILES string of the molecule is Cc1noc(-c2ccccc2Cl)c1C(=O)N[C@H]1C(=O)N2[C@@H]1SC(C)(C)[C@H]2C(=O)O. The minimum atomic E-state index is -1.06. The summed E-state index contributed by atoms with van der Waals surface area (Å²) in [5, 5.41) is 16.1. The lowest BCUT2D eigenvalue weighted by Gasteiger charge is -2.43. The number of hydrogen-bond donors (Lipinski definition) is 2. The molecule has 0 unspecified atom stereocenters. The lowest BCUT2D eigenvalue weighted by molar-refractivity contribution is -0.159. The molecule has 2 N–H and O–H groups in total. The van der Waals surface area contributed by atoms with Crippen LogP contribution in [0.5, 0.6) is 0 Å². The second-order valence-corrected chi connectivity index (χ2v) is 9.68. The molecule has 2 aromatic rings. The van der Waals surface area contributed by atoms with Crippen molar-refractivity contribution in [2.45, 2.75) is 43.0 Å². The van der Waals surface area contributed by atoms with Crippen molar-refractivity contribution in [1.82, 2.24) is 15.4 Å². The third-order valence-electron chi connectivity index (χ3n) is 5.17. The summed E-state index contributed by atoms with van der Waals surface area (Å²) in [7, 11) is 0. The highest BCUT2D eigenvalue weighted by atomic mass is 35.5. The van der Waals surface area contributed by atoms with E-state index in [9.17, 15) is 19.5 Å². The average molecular weight is 436 g/mol. The number of rotatable bonds is 4. The van der Waals surface area contributed by atoms with Crippen molar-refractivity contribution in [2.24, 2.45) is 0 Å². The molecule has 0 aliphatic carbocycles. The smallest absolute Gasteiger partial charge is 0.327 e. The lowest BCUT2D eigenvalue weighted by Crippen LogP contribution is -2.70. The van der Waals surface area contributed by atoms with Crippen LogP contribution in [0, 0.1) is 6.92 Å². The third-order valence-corrected chi connectivity index (χ3v) is 7.07. The van der Waals surface area contributed by atoms with Crippen molar-refractivity contribution in [3.05, 3.63) is 40.5 Å². The predicted molar refractivity (Wildman–Crippen MR) is 107 cm³/mol. The minimum absolute atomic E-state index is 0.196. The highest BCUT2D eigenvalue weighted by molar-refractivity contribution is 8.01. The van der Waals surface area contributed by atoms with Crippen molar-refractivity contribution in [3.8, 4) is 11.3 Å². The van der Waals surface area contributed by atoms with E-state index in [2.05, 4.69) is 10.5 Å². The van der Waals surface area contributed by atoms with Gasteiger partial charge in [0.05, 0.1) is 10.7 Å². The Morgan fingerprint density at radius 2 is 2.03 bits per heavy atom. The number of halogens is 1. The highest BCUT2D eigenvalue weighted by Gasteiger charge is 2.64. The number of carboxylic acid groups (broad SMARTS) is 1. The van der Waals surface area contributed by atoms with E-state index in [4.69, 9.17) is 16.1 Å². The van der Waals surface area contributed by atoms with Gasteiger partial charge in [0.15, 0.2) is 5.76 Å². The summed E-state index contributed by atoms with van der Waals surface area (Å²) >= 11 is 7.58. The molecule has 152 valence electrons. The topological polar surface area (TPSA) is 113 Å². The third kappa shape index (κ3) is 3.00. The minimum Gasteiger partial charge on any atom is -0.480 e. The first-order valence-corrected chi connectivity index (χ1v) is 10.1. The standard InChI is InChI=1S/C19H18ClN3O5S/c1-8-11(13(28-22-8)9-6-4-5-7-10(9)20)15(24)21-12-16(25)23-14(18(26)27)19(2,3)29-17(12)23/h4-7,12,14,17H,1-3H3,(H,21,24)(H,26,27)/t12-,14+,17+/m0/s1. The molecule has 2 fully saturated rings. The van der Waals surface area contributed by atoms with Crippen LogP contribution in [0.15, 0.2) is 28.8 Å². The summed E-state index contributed by atoms with van der Waals surface area (Å²) in [5.41, 5.74) is 1.08. The van der Waals surface area contributed by atoms with Crippen molar-refractivity contribution in [2.75, 3.05) is 0 Å². The molecule has 2 amide bonds. The Balaban J connectivity index is 1.60. The maximum Gasteiger partial charge on any atom is 0.327 e. The van der Waals surface area contributed by atoms with Gasteiger partial charge in [0.2, 0.25) is 5.91 Å². The van der Waals surface area contributed by atoms with Gasteiger partial charge in [-0.15, -0.1) is 11.8 Å². The quantitative estimate of drug-likeness (QED) is 0.709. The van der Waals surface area contributed by atoms with Gasteiger partial charge in [0.1, 0.15) is 23.0 Å². The zero-order valence-corrected chi connectivity index (χ0v) is 17.4. The lowest BCUT2D eigenvalue weighted by atomic mass is 9.95. The van der Waals surface area contributed by atoms with Crippen LogP contribution in [0.25, 0.3) is 11.3 Å². The van der Waals surface area contributed by atoms with Gasteiger partial charge >= 0.3 is 5.97 Å². The zero-order valence-electron chi connectivity index (χ0n) is 15.8. The molecule has 2 aliphatic heterocycles. The second kappa shape index (κ2) is 6.77. The number of β-lactam (4-membered cyclic amide) rings is 1. The van der Waals surface area contributed by atoms with Crippen LogP contribution in [0.4, 0.5) is 0 Å². The summed E-state index contributed by atoms with van der Waals surface area (Å²) in [5.74, 6) is -1.77. The average Bonchev–Trinajstić information content (AvgIpc) is 3.15. The molecular formula is C19H18ClN3O5S. The first-order chi connectivity index (χ1) is 13.6. The summed E-state index contributed by atoms with van der Waals surface area (Å²) in [4.78, 5) is 38.6. The zero-order chi connectivity index (χ0) is 21.1. The number of thioether (sulfide) groups is 1. The van der Waals surface area contributed by atoms with E-state index in [0.717, 1.165) is 0 Å². The normalized spacial score (nSPS) is 24.8. The van der Waals surface area contributed by atoms with E-state index < -0.39 is 40.0 Å². The van der Waals surface area contributed by atoms with Gasteiger partial charge in [0, 0.05) is 10.3 Å². The van der Waals surface area contributed by atoms with Crippen molar-refractivity contribution in [3.63, 3.8) is 0 Å². The van der Waals surface area contributed by atoms with Gasteiger partial charge in [0.25, 0.3) is 5.91 Å². The van der Waals surface area contributed by atoms with E-state index in [1.165, 1.54) is 16.7 Å². The number of carbonyl (C=O) groups excluding carboxylic acids is 2. The van der Waals surface area contributed by atoms with E-state index in [-0.39, 0.29) is 11.3 Å². The van der Waals surface area contributed by atoms with Crippen LogP contribution in [0.1, 0.15) is 29.9 Å². The fourth-order valence-electron chi connectivity index (χ4n) is 3.83. The monoisotopic (exact) mass is 435 g/mol. The summed E-state index contributed by atoms with van der Waals surface area (Å²) in [6, 6.07) is 5.15. The number of fused-ring (bicyclic) bond motifs is 1. The van der Waals surface area contributed by atoms with Gasteiger partial charge in [-0.1, -0.05) is 28.9 Å². The highest BCUT2D eigenvalue weighted by Crippen LogP contribution is 2.50. The maximum absolute atomic E-state index is 13.0. The number of aryl methyl sites for hydroxylation is 1. The number of benzene rings is 1. The first-order valence-electron chi connectivity index (χ1n) is 8.88. The fraction of sp³-hybridized carbons (Fsp3) is 0.368. The number of nitrogens with zero attached hydrogens (tertiary/aromatic N) is 2. The first kappa shape index (κ1) is 19.8. The van der Waals surface area contributed by atoms with Crippen LogP contribution in [-0.2, 0) is 9.59 Å². The summed E-state index contributed by atoms with van der Waals surface area (Å²) < 4.78 is 4.67. The van der Waals surface area contributed by atoms with Gasteiger partial charge in [-0.2, -0.15) is 0 Å². The molecule has 2 aliphatic rings. The van der Waals surface area contributed by atoms with Crippen molar-refractivity contribution in [1.29, 1.82) is 0 Å². The number of aromatic nitrogens is 1.